The number of hydrogen-bond acceptors (Lipinski definition) is 1. The van der Waals surface area contributed by atoms with Gasteiger partial charge in [0.05, 0.1) is 4.47 Å². The van der Waals surface area contributed by atoms with Gasteiger partial charge in [0.1, 0.15) is 5.82 Å². The van der Waals surface area contributed by atoms with Crippen LogP contribution in [0.4, 0.5) is 4.39 Å². The molecular formula is C17H27BrFN. The molecule has 0 fully saturated rings. The maximum absolute atomic E-state index is 13.6. The molecule has 0 aliphatic heterocycles. The molecule has 0 aliphatic carbocycles. The Kier molecular flexibility index (Phi) is 6.67. The van der Waals surface area contributed by atoms with Crippen LogP contribution in [-0.2, 0) is 6.42 Å². The topological polar surface area (TPSA) is 12.0 Å². The summed E-state index contributed by atoms with van der Waals surface area (Å²) in [4.78, 5) is 0. The van der Waals surface area contributed by atoms with Gasteiger partial charge in [-0.3, -0.25) is 0 Å². The van der Waals surface area contributed by atoms with Crippen LogP contribution in [-0.4, -0.2) is 12.6 Å². The second kappa shape index (κ2) is 7.56. The number of likely N-dealkylation sites (N-methyl/N-ethyl adjacent to an activating group) is 1. The van der Waals surface area contributed by atoms with Gasteiger partial charge in [0, 0.05) is 6.04 Å². The van der Waals surface area contributed by atoms with Gasteiger partial charge in [-0.1, -0.05) is 46.8 Å². The van der Waals surface area contributed by atoms with E-state index in [0.29, 0.717) is 21.8 Å². The van der Waals surface area contributed by atoms with E-state index >= 15 is 0 Å². The molecule has 0 bridgehead atoms. The van der Waals surface area contributed by atoms with Crippen LogP contribution in [0.25, 0.3) is 0 Å². The predicted molar refractivity (Wildman–Crippen MR) is 88.5 cm³/mol. The Balaban J connectivity index is 2.79. The SMILES string of the molecule is CCNC(Cc1cccc(F)c1Br)CC(C)C(C)(C)C. The van der Waals surface area contributed by atoms with Crippen LogP contribution < -0.4 is 5.32 Å². The van der Waals surface area contributed by atoms with Crippen molar-refractivity contribution in [3.8, 4) is 0 Å². The summed E-state index contributed by atoms with van der Waals surface area (Å²) in [7, 11) is 0. The Morgan fingerprint density at radius 3 is 2.50 bits per heavy atom. The Morgan fingerprint density at radius 1 is 1.30 bits per heavy atom. The fraction of sp³-hybridized carbons (Fsp3) is 0.647. The van der Waals surface area contributed by atoms with Gasteiger partial charge in [-0.25, -0.2) is 4.39 Å². The number of rotatable bonds is 6. The molecule has 2 atom stereocenters. The quantitative estimate of drug-likeness (QED) is 0.750. The predicted octanol–water partition coefficient (Wildman–Crippen LogP) is 5.18. The minimum atomic E-state index is -0.179. The van der Waals surface area contributed by atoms with Crippen LogP contribution in [0.5, 0.6) is 0 Å². The van der Waals surface area contributed by atoms with E-state index in [1.54, 1.807) is 6.07 Å². The second-order valence-electron chi connectivity index (χ2n) is 6.67. The number of benzene rings is 1. The summed E-state index contributed by atoms with van der Waals surface area (Å²) in [5, 5.41) is 3.54. The highest BCUT2D eigenvalue weighted by Gasteiger charge is 2.24. The van der Waals surface area contributed by atoms with Crippen molar-refractivity contribution in [1.29, 1.82) is 0 Å². The lowest BCUT2D eigenvalue weighted by Gasteiger charge is -2.31. The summed E-state index contributed by atoms with van der Waals surface area (Å²) in [5.74, 6) is 0.431. The molecule has 0 spiro atoms. The van der Waals surface area contributed by atoms with Crippen LogP contribution in [0.3, 0.4) is 0 Å². The van der Waals surface area contributed by atoms with E-state index < -0.39 is 0 Å². The maximum Gasteiger partial charge on any atom is 0.137 e. The van der Waals surface area contributed by atoms with Gasteiger partial charge < -0.3 is 5.32 Å². The minimum Gasteiger partial charge on any atom is -0.314 e. The van der Waals surface area contributed by atoms with Crippen molar-refractivity contribution in [1.82, 2.24) is 5.32 Å². The molecule has 0 aliphatic rings. The first-order valence-electron chi connectivity index (χ1n) is 7.42. The lowest BCUT2D eigenvalue weighted by atomic mass is 9.78. The number of halogens is 2. The van der Waals surface area contributed by atoms with E-state index in [-0.39, 0.29) is 5.82 Å². The van der Waals surface area contributed by atoms with Crippen LogP contribution in [0.2, 0.25) is 0 Å². The zero-order valence-corrected chi connectivity index (χ0v) is 14.8. The van der Waals surface area contributed by atoms with Gasteiger partial charge in [0.2, 0.25) is 0 Å². The summed E-state index contributed by atoms with van der Waals surface area (Å²) in [6.07, 6.45) is 1.95. The van der Waals surface area contributed by atoms with E-state index in [1.807, 2.05) is 6.07 Å². The molecular weight excluding hydrogens is 317 g/mol. The van der Waals surface area contributed by atoms with E-state index in [4.69, 9.17) is 0 Å². The monoisotopic (exact) mass is 343 g/mol. The van der Waals surface area contributed by atoms with E-state index in [2.05, 4.69) is 55.9 Å². The number of hydrogen-bond donors (Lipinski definition) is 1. The molecule has 1 aromatic rings. The Morgan fingerprint density at radius 2 is 1.95 bits per heavy atom. The molecule has 1 nitrogen and oxygen atoms in total. The largest absolute Gasteiger partial charge is 0.314 e. The van der Waals surface area contributed by atoms with Crippen molar-refractivity contribution in [2.24, 2.45) is 11.3 Å². The highest BCUT2D eigenvalue weighted by Crippen LogP contribution is 2.30. The summed E-state index contributed by atoms with van der Waals surface area (Å²) < 4.78 is 14.2. The van der Waals surface area contributed by atoms with E-state index in [9.17, 15) is 4.39 Å². The zero-order valence-electron chi connectivity index (χ0n) is 13.3. The smallest absolute Gasteiger partial charge is 0.137 e. The average molecular weight is 344 g/mol. The van der Waals surface area contributed by atoms with Gasteiger partial charge in [-0.2, -0.15) is 0 Å². The van der Waals surface area contributed by atoms with E-state index in [1.165, 1.54) is 6.07 Å². The summed E-state index contributed by atoms with van der Waals surface area (Å²) >= 11 is 3.36. The second-order valence-corrected chi connectivity index (χ2v) is 7.47. The first-order chi connectivity index (χ1) is 9.25. The van der Waals surface area contributed by atoms with Crippen molar-refractivity contribution in [2.75, 3.05) is 6.54 Å². The normalized spacial score (nSPS) is 15.2. The third kappa shape index (κ3) is 5.17. The van der Waals surface area contributed by atoms with Crippen LogP contribution in [0.15, 0.2) is 22.7 Å². The van der Waals surface area contributed by atoms with Crippen molar-refractivity contribution < 1.29 is 4.39 Å². The molecule has 20 heavy (non-hydrogen) atoms. The molecule has 0 saturated carbocycles. The summed E-state index contributed by atoms with van der Waals surface area (Å²) in [5.41, 5.74) is 1.34. The molecule has 1 N–H and O–H groups in total. The van der Waals surface area contributed by atoms with Crippen LogP contribution in [0.1, 0.15) is 46.6 Å². The molecule has 2 unspecified atom stereocenters. The molecule has 1 rings (SSSR count). The fourth-order valence-corrected chi connectivity index (χ4v) is 2.71. The Bertz CT molecular complexity index is 425. The molecule has 3 heteroatoms. The van der Waals surface area contributed by atoms with Gasteiger partial charge in [0.15, 0.2) is 0 Å². The average Bonchev–Trinajstić information content (AvgIpc) is 2.34. The van der Waals surface area contributed by atoms with Crippen LogP contribution >= 0.6 is 15.9 Å². The highest BCUT2D eigenvalue weighted by molar-refractivity contribution is 9.10. The van der Waals surface area contributed by atoms with Crippen molar-refractivity contribution in [3.63, 3.8) is 0 Å². The first kappa shape index (κ1) is 17.6. The first-order valence-corrected chi connectivity index (χ1v) is 8.21. The molecule has 114 valence electrons. The van der Waals surface area contributed by atoms with Gasteiger partial charge in [-0.15, -0.1) is 0 Å². The zero-order chi connectivity index (χ0) is 15.3. The number of nitrogens with one attached hydrogen (secondary N) is 1. The van der Waals surface area contributed by atoms with E-state index in [0.717, 1.165) is 24.9 Å². The van der Waals surface area contributed by atoms with Crippen LogP contribution in [0, 0.1) is 17.2 Å². The van der Waals surface area contributed by atoms with Crippen molar-refractivity contribution in [3.05, 3.63) is 34.1 Å². The molecule has 0 saturated heterocycles. The van der Waals surface area contributed by atoms with Gasteiger partial charge in [0.25, 0.3) is 0 Å². The molecule has 1 aromatic carbocycles. The Hall–Kier alpha value is -0.410. The third-order valence-electron chi connectivity index (χ3n) is 4.11. The summed E-state index contributed by atoms with van der Waals surface area (Å²) in [6.45, 7) is 12.2. The maximum atomic E-state index is 13.6. The van der Waals surface area contributed by atoms with Gasteiger partial charge in [-0.05, 0) is 58.3 Å². The standard InChI is InChI=1S/C17H27BrFN/c1-6-20-14(10-12(2)17(3,4)5)11-13-8-7-9-15(19)16(13)18/h7-9,12,14,20H,6,10-11H2,1-5H3. The van der Waals surface area contributed by atoms with Gasteiger partial charge >= 0.3 is 0 Å². The molecule has 0 amide bonds. The third-order valence-corrected chi connectivity index (χ3v) is 5.00. The lowest BCUT2D eigenvalue weighted by Crippen LogP contribution is -2.35. The van der Waals surface area contributed by atoms with Crippen molar-refractivity contribution >= 4 is 15.9 Å². The summed E-state index contributed by atoms with van der Waals surface area (Å²) in [6, 6.07) is 5.66. The molecule has 0 heterocycles. The fourth-order valence-electron chi connectivity index (χ4n) is 2.28. The highest BCUT2D eigenvalue weighted by atomic mass is 79.9. The minimum absolute atomic E-state index is 0.179. The molecule has 0 aromatic heterocycles. The van der Waals surface area contributed by atoms with Crippen molar-refractivity contribution in [2.45, 2.75) is 53.5 Å². The Labute approximate surface area is 131 Å². The lowest BCUT2D eigenvalue weighted by molar-refractivity contribution is 0.222. The molecule has 0 radical (unpaired) electrons.